The van der Waals surface area contributed by atoms with Gasteiger partial charge in [0, 0.05) is 22.6 Å². The molecule has 1 heterocycles. The molecule has 1 atom stereocenters. The molecule has 1 unspecified atom stereocenters. The maximum absolute atomic E-state index is 13.7. The monoisotopic (exact) mass is 765 g/mol. The first-order chi connectivity index (χ1) is 17.1. The Hall–Kier alpha value is -2.08. The van der Waals surface area contributed by atoms with Gasteiger partial charge in [-0.2, -0.15) is 21.6 Å². The minimum absolute atomic E-state index is 0.0790. The molecule has 3 rings (SSSR count). The standard InChI is InChI=1S/C23H20F3I2NO7S/c1-4-16(22(31)32)35-21-14(27)7-11(8-15(21)28)19(30)18-13-9-12(29-37(33,34)23(24,25)26)5-6-17(13)36-20(18)10(2)3/h5-10,16,29H,4H2,1-3H3,(H,31,32). The number of carboxylic acids is 1. The average Bonchev–Trinajstić information content (AvgIpc) is 3.16. The number of hydrogen-bond donors (Lipinski definition) is 2. The first-order valence-corrected chi connectivity index (χ1v) is 14.3. The highest BCUT2D eigenvalue weighted by molar-refractivity contribution is 14.1. The predicted molar refractivity (Wildman–Crippen MR) is 147 cm³/mol. The summed E-state index contributed by atoms with van der Waals surface area (Å²) in [5.41, 5.74) is -5.43. The van der Waals surface area contributed by atoms with Crippen LogP contribution in [-0.4, -0.2) is 36.9 Å². The van der Waals surface area contributed by atoms with Crippen molar-refractivity contribution in [2.75, 3.05) is 4.72 Å². The molecule has 0 aliphatic carbocycles. The number of rotatable bonds is 9. The molecule has 0 bridgehead atoms. The Morgan fingerprint density at radius 3 is 2.22 bits per heavy atom. The summed E-state index contributed by atoms with van der Waals surface area (Å²) >= 11 is 3.84. The minimum atomic E-state index is -5.67. The van der Waals surface area contributed by atoms with E-state index in [1.807, 2.05) is 45.2 Å². The van der Waals surface area contributed by atoms with Crippen molar-refractivity contribution in [2.24, 2.45) is 0 Å². The van der Waals surface area contributed by atoms with Gasteiger partial charge in [0.1, 0.15) is 17.1 Å². The van der Waals surface area contributed by atoms with Crippen LogP contribution in [0.25, 0.3) is 11.0 Å². The Labute approximate surface area is 237 Å². The van der Waals surface area contributed by atoms with Crippen molar-refractivity contribution in [1.29, 1.82) is 0 Å². The SMILES string of the molecule is CCC(Oc1c(I)cc(C(=O)c2c(C(C)C)oc3ccc(NS(=O)(=O)C(F)(F)F)cc23)cc1I)C(=O)O. The third-order valence-corrected chi connectivity index (χ3v) is 7.91. The number of carbonyl (C=O) groups excluding carboxylic acids is 1. The summed E-state index contributed by atoms with van der Waals surface area (Å²) in [6, 6.07) is 6.53. The van der Waals surface area contributed by atoms with Crippen molar-refractivity contribution >= 4 is 83.6 Å². The summed E-state index contributed by atoms with van der Waals surface area (Å²) < 4.78 is 75.6. The second-order valence-corrected chi connectivity index (χ2v) is 12.2. The van der Waals surface area contributed by atoms with Gasteiger partial charge in [0.2, 0.25) is 0 Å². The Morgan fingerprint density at radius 2 is 1.73 bits per heavy atom. The van der Waals surface area contributed by atoms with Crippen molar-refractivity contribution in [3.05, 3.63) is 54.4 Å². The zero-order valence-corrected chi connectivity index (χ0v) is 24.6. The molecule has 0 aliphatic rings. The van der Waals surface area contributed by atoms with Crippen molar-refractivity contribution in [3.63, 3.8) is 0 Å². The minimum Gasteiger partial charge on any atom is -0.479 e. The molecular weight excluding hydrogens is 745 g/mol. The van der Waals surface area contributed by atoms with Gasteiger partial charge in [-0.15, -0.1) is 0 Å². The first-order valence-electron chi connectivity index (χ1n) is 10.7. The number of ether oxygens (including phenoxy) is 1. The Balaban J connectivity index is 2.12. The summed E-state index contributed by atoms with van der Waals surface area (Å²) in [6.45, 7) is 5.20. The lowest BCUT2D eigenvalue weighted by molar-refractivity contribution is -0.145. The third-order valence-electron chi connectivity index (χ3n) is 5.19. The van der Waals surface area contributed by atoms with Crippen molar-refractivity contribution < 1.29 is 45.4 Å². The molecule has 8 nitrogen and oxygen atoms in total. The Kier molecular flexibility index (Phi) is 8.73. The van der Waals surface area contributed by atoms with Crippen LogP contribution >= 0.6 is 45.2 Å². The molecule has 0 radical (unpaired) electrons. The number of anilines is 1. The van der Waals surface area contributed by atoms with Gasteiger partial charge in [0.15, 0.2) is 11.9 Å². The van der Waals surface area contributed by atoms with E-state index in [1.54, 1.807) is 20.8 Å². The van der Waals surface area contributed by atoms with Crippen LogP contribution in [0.4, 0.5) is 18.9 Å². The Morgan fingerprint density at radius 1 is 1.14 bits per heavy atom. The fourth-order valence-corrected chi connectivity index (χ4v) is 6.01. The van der Waals surface area contributed by atoms with Gasteiger partial charge in [-0.1, -0.05) is 20.8 Å². The summed E-state index contributed by atoms with van der Waals surface area (Å²) in [5, 5.41) is 9.44. The highest BCUT2D eigenvalue weighted by atomic mass is 127. The maximum atomic E-state index is 13.7. The fourth-order valence-electron chi connectivity index (χ4n) is 3.43. The van der Waals surface area contributed by atoms with E-state index in [1.165, 1.54) is 22.9 Å². The third kappa shape index (κ3) is 6.16. The molecule has 3 aromatic rings. The number of sulfonamides is 1. The van der Waals surface area contributed by atoms with Crippen LogP contribution < -0.4 is 9.46 Å². The predicted octanol–water partition coefficient (Wildman–Crippen LogP) is 6.50. The van der Waals surface area contributed by atoms with Crippen LogP contribution in [0.15, 0.2) is 34.7 Å². The van der Waals surface area contributed by atoms with Gasteiger partial charge in [-0.25, -0.2) is 4.79 Å². The normalized spacial score (nSPS) is 13.1. The van der Waals surface area contributed by atoms with E-state index >= 15 is 0 Å². The molecule has 2 N–H and O–H groups in total. The number of nitrogens with one attached hydrogen (secondary N) is 1. The van der Waals surface area contributed by atoms with E-state index in [2.05, 4.69) is 0 Å². The smallest absolute Gasteiger partial charge is 0.479 e. The van der Waals surface area contributed by atoms with Crippen molar-refractivity contribution in [1.82, 2.24) is 0 Å². The number of benzene rings is 2. The number of hydrogen-bond acceptors (Lipinski definition) is 6. The molecular formula is C23H20F3I2NO7S. The van der Waals surface area contributed by atoms with Crippen LogP contribution in [0.1, 0.15) is 54.8 Å². The van der Waals surface area contributed by atoms with Crippen molar-refractivity contribution in [2.45, 2.75) is 44.7 Å². The molecule has 14 heteroatoms. The van der Waals surface area contributed by atoms with Crippen LogP contribution in [0.5, 0.6) is 5.75 Å². The molecule has 37 heavy (non-hydrogen) atoms. The highest BCUT2D eigenvalue weighted by Crippen LogP contribution is 2.37. The van der Waals surface area contributed by atoms with E-state index in [-0.39, 0.29) is 45.9 Å². The van der Waals surface area contributed by atoms with Crippen LogP contribution in [0.3, 0.4) is 0 Å². The molecule has 0 saturated heterocycles. The summed E-state index contributed by atoms with van der Waals surface area (Å²) in [7, 11) is -5.67. The fraction of sp³-hybridized carbons (Fsp3) is 0.304. The zero-order chi connectivity index (χ0) is 27.9. The Bertz CT molecular complexity index is 1460. The summed E-state index contributed by atoms with van der Waals surface area (Å²) in [6.07, 6.45) is -0.853. The second kappa shape index (κ2) is 11.0. The number of carboxylic acid groups (broad SMARTS) is 1. The number of furan rings is 1. The van der Waals surface area contributed by atoms with Crippen LogP contribution in [0.2, 0.25) is 0 Å². The van der Waals surface area contributed by atoms with Crippen LogP contribution in [-0.2, 0) is 14.8 Å². The molecule has 200 valence electrons. The van der Waals surface area contributed by atoms with E-state index < -0.39 is 33.4 Å². The number of halogens is 5. The maximum Gasteiger partial charge on any atom is 0.516 e. The van der Waals surface area contributed by atoms with E-state index in [0.717, 1.165) is 12.1 Å². The molecule has 0 fully saturated rings. The van der Waals surface area contributed by atoms with Gasteiger partial charge in [0.25, 0.3) is 0 Å². The van der Waals surface area contributed by atoms with E-state index in [9.17, 15) is 36.3 Å². The van der Waals surface area contributed by atoms with Crippen LogP contribution in [0, 0.1) is 7.14 Å². The van der Waals surface area contributed by atoms with Gasteiger partial charge in [0.05, 0.1) is 12.7 Å². The van der Waals surface area contributed by atoms with Gasteiger partial charge >= 0.3 is 21.5 Å². The molecule has 1 aromatic heterocycles. The summed E-state index contributed by atoms with van der Waals surface area (Å²) in [4.78, 5) is 25.1. The number of carbonyl (C=O) groups is 2. The lowest BCUT2D eigenvalue weighted by Gasteiger charge is -2.17. The molecule has 2 aromatic carbocycles. The lowest BCUT2D eigenvalue weighted by Crippen LogP contribution is -2.29. The quantitative estimate of drug-likeness (QED) is 0.189. The zero-order valence-electron chi connectivity index (χ0n) is 19.4. The lowest BCUT2D eigenvalue weighted by atomic mass is 9.96. The first kappa shape index (κ1) is 29.5. The van der Waals surface area contributed by atoms with Gasteiger partial charge < -0.3 is 14.3 Å². The number of aliphatic carboxylic acids is 1. The number of alkyl halides is 3. The molecule has 0 amide bonds. The molecule has 0 spiro atoms. The van der Waals surface area contributed by atoms with Gasteiger partial charge in [-0.05, 0) is 81.9 Å². The molecule has 0 aliphatic heterocycles. The van der Waals surface area contributed by atoms with Crippen molar-refractivity contribution in [3.8, 4) is 5.75 Å². The highest BCUT2D eigenvalue weighted by Gasteiger charge is 2.46. The summed E-state index contributed by atoms with van der Waals surface area (Å²) in [5.74, 6) is -1.35. The largest absolute Gasteiger partial charge is 0.516 e. The van der Waals surface area contributed by atoms with E-state index in [4.69, 9.17) is 9.15 Å². The number of ketones is 1. The number of fused-ring (bicyclic) bond motifs is 1. The average molecular weight is 765 g/mol. The topological polar surface area (TPSA) is 123 Å². The second-order valence-electron chi connectivity index (χ2n) is 8.21. The molecule has 0 saturated carbocycles. The van der Waals surface area contributed by atoms with E-state index in [0.29, 0.717) is 12.9 Å². The van der Waals surface area contributed by atoms with Gasteiger partial charge in [-0.3, -0.25) is 9.52 Å².